The van der Waals surface area contributed by atoms with Crippen molar-refractivity contribution in [2.24, 2.45) is 0 Å². The molecule has 8 heteroatoms. The van der Waals surface area contributed by atoms with E-state index in [4.69, 9.17) is 0 Å². The van der Waals surface area contributed by atoms with Crippen LogP contribution in [0.1, 0.15) is 72.0 Å². The Kier molecular flexibility index (Phi) is 4.78. The molecule has 4 rings (SSSR count). The Labute approximate surface area is 151 Å². The number of carbonyl (C=O) groups is 1. The fourth-order valence-electron chi connectivity index (χ4n) is 3.93. The number of nitrogens with zero attached hydrogens (tertiary/aromatic N) is 6. The molecule has 2 aromatic rings. The van der Waals surface area contributed by atoms with E-state index in [-0.39, 0.29) is 11.8 Å². The topological polar surface area (TPSA) is 76.8 Å². The van der Waals surface area contributed by atoms with Gasteiger partial charge in [0.15, 0.2) is 0 Å². The lowest BCUT2D eigenvalue weighted by Gasteiger charge is -2.32. The van der Waals surface area contributed by atoms with Crippen LogP contribution in [0.25, 0.3) is 0 Å². The van der Waals surface area contributed by atoms with E-state index in [0.717, 1.165) is 62.7 Å². The average molecular weight is 360 g/mol. The number of aromatic nitrogens is 5. The standard InChI is InChI=1S/C17H24N6OS/c1-2-13-15(25-21-18-13)17(24)22-9-6-7-12(11-22)16-20-19-14-8-4-3-5-10-23(14)16/h12H,2-11H2,1H3/t12-/m1/s1. The Bertz CT molecular complexity index is 754. The zero-order valence-corrected chi connectivity index (χ0v) is 15.5. The van der Waals surface area contributed by atoms with Crippen LogP contribution in [0.3, 0.4) is 0 Å². The molecule has 2 aliphatic rings. The van der Waals surface area contributed by atoms with Gasteiger partial charge in [-0.1, -0.05) is 17.8 Å². The summed E-state index contributed by atoms with van der Waals surface area (Å²) in [5.74, 6) is 2.55. The molecule has 2 aromatic heterocycles. The van der Waals surface area contributed by atoms with E-state index in [0.29, 0.717) is 4.88 Å². The molecule has 0 bridgehead atoms. The van der Waals surface area contributed by atoms with Gasteiger partial charge in [0, 0.05) is 32.0 Å². The molecular formula is C17H24N6OS. The maximum absolute atomic E-state index is 12.9. The van der Waals surface area contributed by atoms with E-state index in [2.05, 4.69) is 24.4 Å². The van der Waals surface area contributed by atoms with Crippen LogP contribution in [-0.2, 0) is 19.4 Å². The van der Waals surface area contributed by atoms with Crippen molar-refractivity contribution in [3.8, 4) is 0 Å². The second kappa shape index (κ2) is 7.19. The van der Waals surface area contributed by atoms with Gasteiger partial charge in [0.2, 0.25) is 0 Å². The van der Waals surface area contributed by atoms with Gasteiger partial charge in [-0.2, -0.15) is 0 Å². The third-order valence-corrected chi connectivity index (χ3v) is 6.05. The highest BCUT2D eigenvalue weighted by Gasteiger charge is 2.31. The monoisotopic (exact) mass is 360 g/mol. The number of hydrogen-bond acceptors (Lipinski definition) is 6. The van der Waals surface area contributed by atoms with Crippen LogP contribution >= 0.6 is 11.5 Å². The quantitative estimate of drug-likeness (QED) is 0.840. The van der Waals surface area contributed by atoms with Gasteiger partial charge in [-0.05, 0) is 43.6 Å². The van der Waals surface area contributed by atoms with Crippen LogP contribution in [0, 0.1) is 0 Å². The van der Waals surface area contributed by atoms with Gasteiger partial charge in [-0.15, -0.1) is 15.3 Å². The Morgan fingerprint density at radius 2 is 2.08 bits per heavy atom. The lowest BCUT2D eigenvalue weighted by atomic mass is 9.96. The van der Waals surface area contributed by atoms with Crippen LogP contribution < -0.4 is 0 Å². The third kappa shape index (κ3) is 3.19. The van der Waals surface area contributed by atoms with Gasteiger partial charge in [0.05, 0.1) is 5.69 Å². The number of fused-ring (bicyclic) bond motifs is 1. The predicted octanol–water partition coefficient (Wildman–Crippen LogP) is 2.44. The Morgan fingerprint density at radius 3 is 2.96 bits per heavy atom. The van der Waals surface area contributed by atoms with E-state index < -0.39 is 0 Å². The van der Waals surface area contributed by atoms with Crippen LogP contribution in [0.5, 0.6) is 0 Å². The second-order valence-corrected chi connectivity index (χ2v) is 7.68. The molecule has 7 nitrogen and oxygen atoms in total. The van der Waals surface area contributed by atoms with E-state index in [1.165, 1.54) is 30.8 Å². The molecule has 0 aromatic carbocycles. The van der Waals surface area contributed by atoms with Gasteiger partial charge in [0.25, 0.3) is 5.91 Å². The van der Waals surface area contributed by atoms with E-state index >= 15 is 0 Å². The summed E-state index contributed by atoms with van der Waals surface area (Å²) in [6.45, 7) is 4.55. The molecule has 1 atom stereocenters. The number of amides is 1. The first-order chi connectivity index (χ1) is 12.3. The number of aryl methyl sites for hydroxylation is 2. The summed E-state index contributed by atoms with van der Waals surface area (Å²) in [5, 5.41) is 13.0. The van der Waals surface area contributed by atoms with Gasteiger partial charge < -0.3 is 9.47 Å². The van der Waals surface area contributed by atoms with Crippen LogP contribution in [-0.4, -0.2) is 48.2 Å². The molecule has 0 spiro atoms. The van der Waals surface area contributed by atoms with Gasteiger partial charge in [-0.3, -0.25) is 4.79 Å². The van der Waals surface area contributed by atoms with Crippen molar-refractivity contribution in [1.82, 2.24) is 29.3 Å². The third-order valence-electron chi connectivity index (χ3n) is 5.30. The summed E-state index contributed by atoms with van der Waals surface area (Å²) < 4.78 is 6.28. The highest BCUT2D eigenvalue weighted by Crippen LogP contribution is 2.29. The fourth-order valence-corrected chi connectivity index (χ4v) is 4.65. The Hall–Kier alpha value is -1.83. The smallest absolute Gasteiger partial charge is 0.267 e. The minimum atomic E-state index is 0.0761. The summed E-state index contributed by atoms with van der Waals surface area (Å²) in [6, 6.07) is 0. The van der Waals surface area contributed by atoms with Crippen molar-refractivity contribution in [3.05, 3.63) is 22.2 Å². The van der Waals surface area contributed by atoms with E-state index in [1.54, 1.807) is 0 Å². The van der Waals surface area contributed by atoms with Crippen molar-refractivity contribution in [3.63, 3.8) is 0 Å². The molecule has 0 aliphatic carbocycles. The predicted molar refractivity (Wildman–Crippen MR) is 94.7 cm³/mol. The molecule has 0 unspecified atom stereocenters. The van der Waals surface area contributed by atoms with Crippen LogP contribution in [0.4, 0.5) is 0 Å². The summed E-state index contributed by atoms with van der Waals surface area (Å²) in [4.78, 5) is 15.6. The number of likely N-dealkylation sites (tertiary alicyclic amines) is 1. The first-order valence-corrected chi connectivity index (χ1v) is 10.1. The molecule has 0 radical (unpaired) electrons. The van der Waals surface area contributed by atoms with Crippen molar-refractivity contribution in [2.75, 3.05) is 13.1 Å². The molecule has 1 fully saturated rings. The van der Waals surface area contributed by atoms with E-state index in [1.807, 2.05) is 11.8 Å². The molecule has 0 saturated carbocycles. The van der Waals surface area contributed by atoms with Crippen molar-refractivity contribution in [2.45, 2.75) is 64.3 Å². The molecule has 2 aliphatic heterocycles. The van der Waals surface area contributed by atoms with E-state index in [9.17, 15) is 4.79 Å². The molecular weight excluding hydrogens is 336 g/mol. The van der Waals surface area contributed by atoms with Gasteiger partial charge >= 0.3 is 0 Å². The molecule has 25 heavy (non-hydrogen) atoms. The lowest BCUT2D eigenvalue weighted by Crippen LogP contribution is -2.39. The van der Waals surface area contributed by atoms with Crippen LogP contribution in [0.2, 0.25) is 0 Å². The van der Waals surface area contributed by atoms with Crippen molar-refractivity contribution >= 4 is 17.4 Å². The average Bonchev–Trinajstić information content (AvgIpc) is 3.22. The first-order valence-electron chi connectivity index (χ1n) is 9.30. The normalized spacial score (nSPS) is 21.0. The first kappa shape index (κ1) is 16.6. The minimum Gasteiger partial charge on any atom is -0.337 e. The lowest BCUT2D eigenvalue weighted by molar-refractivity contribution is 0.0706. The molecule has 1 saturated heterocycles. The highest BCUT2D eigenvalue weighted by atomic mass is 32.1. The zero-order chi connectivity index (χ0) is 17.2. The fraction of sp³-hybridized carbons (Fsp3) is 0.706. The van der Waals surface area contributed by atoms with Gasteiger partial charge in [-0.25, -0.2) is 0 Å². The Balaban J connectivity index is 1.54. The maximum atomic E-state index is 12.9. The maximum Gasteiger partial charge on any atom is 0.267 e. The molecule has 134 valence electrons. The summed E-state index contributed by atoms with van der Waals surface area (Å²) in [5.41, 5.74) is 0.813. The van der Waals surface area contributed by atoms with Crippen molar-refractivity contribution < 1.29 is 4.79 Å². The highest BCUT2D eigenvalue weighted by molar-refractivity contribution is 7.08. The number of hydrogen-bond donors (Lipinski definition) is 0. The summed E-state index contributed by atoms with van der Waals surface area (Å²) in [6.07, 6.45) is 7.50. The summed E-state index contributed by atoms with van der Waals surface area (Å²) >= 11 is 1.21. The second-order valence-electron chi connectivity index (χ2n) is 6.93. The molecule has 4 heterocycles. The largest absolute Gasteiger partial charge is 0.337 e. The van der Waals surface area contributed by atoms with Crippen LogP contribution in [0.15, 0.2) is 0 Å². The van der Waals surface area contributed by atoms with Crippen molar-refractivity contribution in [1.29, 1.82) is 0 Å². The minimum absolute atomic E-state index is 0.0761. The number of rotatable bonds is 3. The Morgan fingerprint density at radius 1 is 1.16 bits per heavy atom. The molecule has 0 N–H and O–H groups in total. The summed E-state index contributed by atoms with van der Waals surface area (Å²) in [7, 11) is 0. The number of piperidine rings is 1. The zero-order valence-electron chi connectivity index (χ0n) is 14.6. The molecule has 1 amide bonds. The van der Waals surface area contributed by atoms with Gasteiger partial charge in [0.1, 0.15) is 16.5 Å². The number of carbonyl (C=O) groups excluding carboxylic acids is 1. The SMILES string of the molecule is CCc1nnsc1C(=O)N1CCC[C@@H](c2nnc3n2CCCCC3)C1.